The lowest BCUT2D eigenvalue weighted by atomic mass is 9.73. The minimum atomic E-state index is -1.13. The van der Waals surface area contributed by atoms with Crippen LogP contribution in [0.25, 0.3) is 0 Å². The van der Waals surface area contributed by atoms with Gasteiger partial charge in [-0.2, -0.15) is 0 Å². The Labute approximate surface area is 127 Å². The molecule has 1 heterocycles. The molecule has 3 aliphatic rings. The van der Waals surface area contributed by atoms with E-state index in [9.17, 15) is 14.4 Å². The molecule has 2 amide bonds. The van der Waals surface area contributed by atoms with Gasteiger partial charge in [-0.3, -0.25) is 19.3 Å². The van der Waals surface area contributed by atoms with Crippen molar-refractivity contribution in [1.82, 2.24) is 4.90 Å². The Kier molecular flexibility index (Phi) is 2.86. The molecule has 5 heteroatoms. The maximum Gasteiger partial charge on any atom is 0.323 e. The molecule has 1 aromatic rings. The molecule has 2 saturated carbocycles. The van der Waals surface area contributed by atoms with E-state index < -0.39 is 12.5 Å². The Hall–Kier alpha value is -2.17. The van der Waals surface area contributed by atoms with Crippen LogP contribution < -0.4 is 0 Å². The number of carbonyl (C=O) groups excluding carboxylic acids is 2. The first kappa shape index (κ1) is 13.5. The van der Waals surface area contributed by atoms with Crippen molar-refractivity contribution < 1.29 is 19.5 Å². The maximum atomic E-state index is 12.5. The average Bonchev–Trinajstić information content (AvgIpc) is 3.15. The summed E-state index contributed by atoms with van der Waals surface area (Å²) in [5.41, 5.74) is 1.23. The van der Waals surface area contributed by atoms with E-state index in [0.717, 1.165) is 17.7 Å². The fraction of sp³-hybridized carbons (Fsp3) is 0.471. The number of aliphatic carboxylic acids is 1. The van der Waals surface area contributed by atoms with E-state index in [1.165, 1.54) is 5.56 Å². The Balaban J connectivity index is 1.64. The Morgan fingerprint density at radius 3 is 2.45 bits per heavy atom. The van der Waals surface area contributed by atoms with E-state index in [4.69, 9.17) is 5.11 Å². The highest BCUT2D eigenvalue weighted by atomic mass is 16.4. The van der Waals surface area contributed by atoms with Gasteiger partial charge in [0.15, 0.2) is 0 Å². The van der Waals surface area contributed by atoms with Crippen molar-refractivity contribution in [3.8, 4) is 0 Å². The number of likely N-dealkylation sites (tertiary alicyclic amines) is 1. The van der Waals surface area contributed by atoms with Crippen molar-refractivity contribution in [2.75, 3.05) is 6.54 Å². The van der Waals surface area contributed by atoms with E-state index >= 15 is 0 Å². The summed E-state index contributed by atoms with van der Waals surface area (Å²) in [7, 11) is 0. The molecule has 1 aromatic carbocycles. The molecule has 114 valence electrons. The molecule has 1 aliphatic heterocycles. The highest BCUT2D eigenvalue weighted by molar-refractivity contribution is 6.07. The highest BCUT2D eigenvalue weighted by Gasteiger charge is 2.63. The third-order valence-corrected chi connectivity index (χ3v) is 5.63. The quantitative estimate of drug-likeness (QED) is 0.858. The number of nitrogens with zero attached hydrogens (tertiary/aromatic N) is 1. The van der Waals surface area contributed by atoms with Crippen molar-refractivity contribution in [3.05, 3.63) is 35.9 Å². The number of rotatable bonds is 3. The summed E-state index contributed by atoms with van der Waals surface area (Å²) >= 11 is 0. The molecule has 5 unspecified atom stereocenters. The summed E-state index contributed by atoms with van der Waals surface area (Å²) in [6.45, 7) is -0.500. The van der Waals surface area contributed by atoms with Crippen LogP contribution in [0.5, 0.6) is 0 Å². The first-order chi connectivity index (χ1) is 10.6. The summed E-state index contributed by atoms with van der Waals surface area (Å²) in [6, 6.07) is 10.1. The van der Waals surface area contributed by atoms with Crippen molar-refractivity contribution in [3.63, 3.8) is 0 Å². The first-order valence-corrected chi connectivity index (χ1v) is 7.70. The molecule has 2 bridgehead atoms. The molecular formula is C17H17NO4. The van der Waals surface area contributed by atoms with Crippen LogP contribution in [0.4, 0.5) is 0 Å². The zero-order chi connectivity index (χ0) is 15.4. The fourth-order valence-corrected chi connectivity index (χ4v) is 4.90. The number of carboxylic acids is 1. The van der Waals surface area contributed by atoms with E-state index in [1.807, 2.05) is 18.2 Å². The Morgan fingerprint density at radius 1 is 1.09 bits per heavy atom. The molecule has 5 nitrogen and oxygen atoms in total. The summed E-state index contributed by atoms with van der Waals surface area (Å²) in [5, 5.41) is 8.90. The van der Waals surface area contributed by atoms with Gasteiger partial charge < -0.3 is 5.11 Å². The third-order valence-electron chi connectivity index (χ3n) is 5.63. The van der Waals surface area contributed by atoms with Gasteiger partial charge in [0.1, 0.15) is 6.54 Å². The lowest BCUT2D eigenvalue weighted by molar-refractivity contribution is -0.149. The molecule has 5 atom stereocenters. The Bertz CT molecular complexity index is 656. The number of benzene rings is 1. The van der Waals surface area contributed by atoms with Gasteiger partial charge in [0.25, 0.3) is 0 Å². The average molecular weight is 299 g/mol. The van der Waals surface area contributed by atoms with E-state index in [2.05, 4.69) is 12.1 Å². The second-order valence-electron chi connectivity index (χ2n) is 6.62. The van der Waals surface area contributed by atoms with Gasteiger partial charge in [0.2, 0.25) is 11.8 Å². The second-order valence-corrected chi connectivity index (χ2v) is 6.62. The van der Waals surface area contributed by atoms with Gasteiger partial charge in [-0.15, -0.1) is 0 Å². The minimum absolute atomic E-state index is 0.174. The number of hydrogen-bond donors (Lipinski definition) is 1. The van der Waals surface area contributed by atoms with Gasteiger partial charge in [-0.1, -0.05) is 30.3 Å². The topological polar surface area (TPSA) is 74.7 Å². The summed E-state index contributed by atoms with van der Waals surface area (Å²) in [4.78, 5) is 36.8. The first-order valence-electron chi connectivity index (χ1n) is 7.70. The van der Waals surface area contributed by atoms with Crippen LogP contribution >= 0.6 is 0 Å². The van der Waals surface area contributed by atoms with E-state index in [0.29, 0.717) is 5.92 Å². The minimum Gasteiger partial charge on any atom is -0.480 e. The van der Waals surface area contributed by atoms with Gasteiger partial charge in [-0.25, -0.2) is 0 Å². The molecule has 0 spiro atoms. The molecule has 2 aliphatic carbocycles. The van der Waals surface area contributed by atoms with Crippen LogP contribution in [0.15, 0.2) is 30.3 Å². The smallest absolute Gasteiger partial charge is 0.323 e. The molecule has 3 fully saturated rings. The van der Waals surface area contributed by atoms with E-state index in [1.54, 1.807) is 0 Å². The molecule has 4 rings (SSSR count). The molecule has 0 aromatic heterocycles. The zero-order valence-corrected chi connectivity index (χ0v) is 12.0. The van der Waals surface area contributed by atoms with Crippen molar-refractivity contribution in [2.45, 2.75) is 18.8 Å². The second kappa shape index (κ2) is 4.66. The van der Waals surface area contributed by atoms with Crippen LogP contribution in [-0.4, -0.2) is 34.3 Å². The van der Waals surface area contributed by atoms with Gasteiger partial charge in [0.05, 0.1) is 11.8 Å². The van der Waals surface area contributed by atoms with Crippen LogP contribution in [0, 0.1) is 23.7 Å². The molecule has 0 radical (unpaired) electrons. The fourth-order valence-electron chi connectivity index (χ4n) is 4.90. The summed E-state index contributed by atoms with van der Waals surface area (Å²) in [5.74, 6) is -1.56. The van der Waals surface area contributed by atoms with E-state index in [-0.39, 0.29) is 35.5 Å². The van der Waals surface area contributed by atoms with Crippen molar-refractivity contribution in [2.24, 2.45) is 23.7 Å². The van der Waals surface area contributed by atoms with Crippen LogP contribution in [0.3, 0.4) is 0 Å². The van der Waals surface area contributed by atoms with Gasteiger partial charge >= 0.3 is 5.97 Å². The van der Waals surface area contributed by atoms with Crippen LogP contribution in [-0.2, 0) is 14.4 Å². The normalized spacial score (nSPS) is 36.0. The highest BCUT2D eigenvalue weighted by Crippen LogP contribution is 2.61. The number of amides is 2. The molecule has 1 saturated heterocycles. The summed E-state index contributed by atoms with van der Waals surface area (Å²) in [6.07, 6.45) is 1.84. The largest absolute Gasteiger partial charge is 0.480 e. The van der Waals surface area contributed by atoms with Gasteiger partial charge in [0, 0.05) is 0 Å². The van der Waals surface area contributed by atoms with Crippen LogP contribution in [0.1, 0.15) is 24.3 Å². The predicted molar refractivity (Wildman–Crippen MR) is 76.7 cm³/mol. The summed E-state index contributed by atoms with van der Waals surface area (Å²) < 4.78 is 0. The number of hydrogen-bond acceptors (Lipinski definition) is 3. The SMILES string of the molecule is O=C(O)CN1C(=O)C2C3CC(c4ccccc4)C(C3)C2C1=O. The van der Waals surface area contributed by atoms with Gasteiger partial charge in [-0.05, 0) is 36.2 Å². The zero-order valence-electron chi connectivity index (χ0n) is 12.0. The number of fused-ring (bicyclic) bond motifs is 5. The number of carboxylic acid groups (broad SMARTS) is 1. The lowest BCUT2D eigenvalue weighted by Crippen LogP contribution is -2.37. The van der Waals surface area contributed by atoms with Crippen molar-refractivity contribution >= 4 is 17.8 Å². The Morgan fingerprint density at radius 2 is 1.77 bits per heavy atom. The third kappa shape index (κ3) is 1.74. The molecule has 1 N–H and O–H groups in total. The molecular weight excluding hydrogens is 282 g/mol. The van der Waals surface area contributed by atoms with Crippen LogP contribution in [0.2, 0.25) is 0 Å². The van der Waals surface area contributed by atoms with Crippen molar-refractivity contribution in [1.29, 1.82) is 0 Å². The number of carbonyl (C=O) groups is 3. The monoisotopic (exact) mass is 299 g/mol. The standard InChI is InChI=1S/C17H17NO4/c19-13(20)8-18-16(21)14-10-6-11(9-4-2-1-3-5-9)12(7-10)15(14)17(18)22/h1-5,10-12,14-15H,6-8H2,(H,19,20). The number of imide groups is 1. The lowest BCUT2D eigenvalue weighted by Gasteiger charge is -2.28. The predicted octanol–water partition coefficient (Wildman–Crippen LogP) is 1.50. The molecule has 22 heavy (non-hydrogen) atoms. The maximum absolute atomic E-state index is 12.5.